The number of hydrogen-bond donors (Lipinski definition) is 0. The zero-order chi connectivity index (χ0) is 66.1. The van der Waals surface area contributed by atoms with Crippen LogP contribution >= 0.6 is 0 Å². The molecule has 468 valence electrons. The number of pyridine rings is 2. The van der Waals surface area contributed by atoms with E-state index in [1.165, 1.54) is 87.4 Å². The van der Waals surface area contributed by atoms with E-state index < -0.39 is 0 Å². The maximum absolute atomic E-state index is 6.26. The Kier molecular flexibility index (Phi) is 13.3. The van der Waals surface area contributed by atoms with Crippen LogP contribution in [0.5, 0.6) is 0 Å². The number of rotatable bonds is 10. The normalized spacial score (nSPS) is 11.9. The summed E-state index contributed by atoms with van der Waals surface area (Å²) in [6.07, 6.45) is 0. The fourth-order valence-corrected chi connectivity index (χ4v) is 16.0. The Hall–Kier alpha value is -12.6. The van der Waals surface area contributed by atoms with Gasteiger partial charge in [-0.15, -0.1) is 0 Å². The van der Waals surface area contributed by atoms with Gasteiger partial charge in [-0.05, 0) is 185 Å². The highest BCUT2D eigenvalue weighted by atomic mass is 15.0. The van der Waals surface area contributed by atoms with Crippen molar-refractivity contribution >= 4 is 87.2 Å². The average molecular weight is 1270 g/mol. The molecule has 0 saturated heterocycles. The first-order valence-corrected chi connectivity index (χ1v) is 34.2. The molecular weight excluding hydrogens is 1200 g/mol. The number of benzene rings is 13. The Balaban J connectivity index is 0.914. The number of aromatic nitrogens is 6. The highest BCUT2D eigenvalue weighted by molar-refractivity contribution is 6.14. The molecule has 0 fully saturated rings. The molecule has 0 spiro atoms. The molecule has 0 saturated carbocycles. The fourth-order valence-electron chi connectivity index (χ4n) is 16.0. The summed E-state index contributed by atoms with van der Waals surface area (Å²) >= 11 is 0. The van der Waals surface area contributed by atoms with Crippen molar-refractivity contribution in [1.82, 2.24) is 28.2 Å². The number of hydrogen-bond acceptors (Lipinski definition) is 2. The van der Waals surface area contributed by atoms with Gasteiger partial charge < -0.3 is 18.3 Å². The molecule has 0 radical (unpaired) electrons. The van der Waals surface area contributed by atoms with Crippen LogP contribution in [0.1, 0.15) is 27.9 Å². The van der Waals surface area contributed by atoms with E-state index in [1.807, 2.05) is 0 Å². The maximum Gasteiger partial charge on any atom is 0.0794 e. The number of fused-ring (bicyclic) bond motifs is 12. The second kappa shape index (κ2) is 22.8. The summed E-state index contributed by atoms with van der Waals surface area (Å²) in [4.78, 5) is 11.6. The van der Waals surface area contributed by atoms with Crippen molar-refractivity contribution in [2.24, 2.45) is 0 Å². The van der Waals surface area contributed by atoms with Crippen molar-refractivity contribution in [3.8, 4) is 89.9 Å². The van der Waals surface area contributed by atoms with Crippen molar-refractivity contribution in [1.29, 1.82) is 0 Å². The van der Waals surface area contributed by atoms with Crippen LogP contribution in [0.2, 0.25) is 0 Å². The van der Waals surface area contributed by atoms with Crippen molar-refractivity contribution < 1.29 is 0 Å². The molecule has 0 aliphatic heterocycles. The molecule has 99 heavy (non-hydrogen) atoms. The standard InChI is InChI=1S/C93H66N6/c1-57-29-49-85-76(53-57)71-19-8-12-25-81(71)96(85)66-41-33-62(34-42-66)89-91(75-23-7-6-18-70(75)80-24-16-17-61(5)94-80)90(63-35-43-67(44-36-63)97-82-26-13-9-20-72(82)77-54-58(2)30-50-86(77)97)93(65-39-47-69(48-40-65)99-84-28-15-11-22-74(84)79-56-60(4)32-52-88(79)99)95-92(89)64-37-45-68(46-38-64)98-83-27-14-10-21-73(83)78-55-59(3)31-51-87(78)98/h6-56H,1-5H3. The van der Waals surface area contributed by atoms with Gasteiger partial charge in [0.1, 0.15) is 0 Å². The van der Waals surface area contributed by atoms with E-state index in [1.54, 1.807) is 0 Å². The van der Waals surface area contributed by atoms with Gasteiger partial charge in [-0.1, -0.05) is 198 Å². The van der Waals surface area contributed by atoms with Crippen molar-refractivity contribution in [3.05, 3.63) is 337 Å². The van der Waals surface area contributed by atoms with Gasteiger partial charge in [0.05, 0.1) is 61.2 Å². The first-order chi connectivity index (χ1) is 48.6. The van der Waals surface area contributed by atoms with Crippen LogP contribution in [0.25, 0.3) is 177 Å². The van der Waals surface area contributed by atoms with E-state index in [0.29, 0.717) is 0 Å². The number of nitrogens with zero attached hydrogens (tertiary/aromatic N) is 6. The first kappa shape index (κ1) is 57.8. The van der Waals surface area contributed by atoms with Crippen molar-refractivity contribution in [2.75, 3.05) is 0 Å². The van der Waals surface area contributed by atoms with Gasteiger partial charge in [-0.25, -0.2) is 4.98 Å². The smallest absolute Gasteiger partial charge is 0.0794 e. The Morgan fingerprint density at radius 1 is 0.212 bits per heavy atom. The maximum atomic E-state index is 6.26. The van der Waals surface area contributed by atoms with Crippen LogP contribution < -0.4 is 0 Å². The van der Waals surface area contributed by atoms with E-state index in [0.717, 1.165) is 118 Å². The third-order valence-electron chi connectivity index (χ3n) is 20.5. The molecule has 19 rings (SSSR count). The van der Waals surface area contributed by atoms with E-state index >= 15 is 0 Å². The lowest BCUT2D eigenvalue weighted by Crippen LogP contribution is -2.04. The molecule has 0 amide bonds. The predicted molar refractivity (Wildman–Crippen MR) is 416 cm³/mol. The topological polar surface area (TPSA) is 45.5 Å². The third kappa shape index (κ3) is 9.31. The van der Waals surface area contributed by atoms with Gasteiger partial charge in [-0.3, -0.25) is 4.98 Å². The van der Waals surface area contributed by atoms with Gasteiger partial charge in [-0.2, -0.15) is 0 Å². The van der Waals surface area contributed by atoms with Crippen LogP contribution in [0.15, 0.2) is 309 Å². The molecule has 0 N–H and O–H groups in total. The number of aryl methyl sites for hydroxylation is 5. The molecular formula is C93H66N6. The van der Waals surface area contributed by atoms with Crippen LogP contribution in [0.3, 0.4) is 0 Å². The lowest BCUT2D eigenvalue weighted by atomic mass is 9.81. The van der Waals surface area contributed by atoms with Crippen LogP contribution in [0, 0.1) is 34.6 Å². The first-order valence-electron chi connectivity index (χ1n) is 34.2. The minimum Gasteiger partial charge on any atom is -0.309 e. The molecule has 13 aromatic carbocycles. The van der Waals surface area contributed by atoms with Crippen LogP contribution in [-0.4, -0.2) is 28.2 Å². The highest BCUT2D eigenvalue weighted by Crippen LogP contribution is 2.52. The lowest BCUT2D eigenvalue weighted by Gasteiger charge is -2.25. The minimum atomic E-state index is 0.860. The summed E-state index contributed by atoms with van der Waals surface area (Å²) < 4.78 is 9.65. The summed E-state index contributed by atoms with van der Waals surface area (Å²) in [5.74, 6) is 0. The monoisotopic (exact) mass is 1270 g/mol. The number of para-hydroxylation sites is 4. The summed E-state index contributed by atoms with van der Waals surface area (Å²) in [5, 5.41) is 9.87. The van der Waals surface area contributed by atoms with E-state index in [9.17, 15) is 0 Å². The summed E-state index contributed by atoms with van der Waals surface area (Å²) in [7, 11) is 0. The minimum absolute atomic E-state index is 0.860. The lowest BCUT2D eigenvalue weighted by molar-refractivity contribution is 1.17. The molecule has 6 heteroatoms. The molecule has 0 atom stereocenters. The van der Waals surface area contributed by atoms with Gasteiger partial charge in [0.15, 0.2) is 0 Å². The second-order valence-corrected chi connectivity index (χ2v) is 26.8. The zero-order valence-electron chi connectivity index (χ0n) is 55.6. The van der Waals surface area contributed by atoms with E-state index in [4.69, 9.17) is 9.97 Å². The quantitative estimate of drug-likeness (QED) is 0.137. The van der Waals surface area contributed by atoms with E-state index in [-0.39, 0.29) is 0 Å². The molecule has 0 bridgehead atoms. The van der Waals surface area contributed by atoms with Crippen molar-refractivity contribution in [2.45, 2.75) is 34.6 Å². The Labute approximate surface area is 573 Å². The summed E-state index contributed by atoms with van der Waals surface area (Å²) in [6.45, 7) is 10.8. The molecule has 19 aromatic rings. The van der Waals surface area contributed by atoms with Gasteiger partial charge >= 0.3 is 0 Å². The zero-order valence-corrected chi connectivity index (χ0v) is 55.6. The molecule has 0 aliphatic carbocycles. The highest BCUT2D eigenvalue weighted by Gasteiger charge is 2.29. The predicted octanol–water partition coefficient (Wildman–Crippen LogP) is 24.4. The summed E-state index contributed by atoms with van der Waals surface area (Å²) in [6, 6.07) is 114. The van der Waals surface area contributed by atoms with Crippen LogP contribution in [-0.2, 0) is 0 Å². The third-order valence-corrected chi connectivity index (χ3v) is 20.5. The second-order valence-electron chi connectivity index (χ2n) is 26.8. The SMILES string of the molecule is Cc1ccc2c(c1)c1ccccc1n2-c1ccc(-c2nc(-c3ccc(-n4c5ccccc5c5cc(C)ccc54)cc3)c(-c3ccc(-n4c5ccccc5c5cc(C)ccc54)cc3)c(-c3ccccc3-c3cccc(C)n3)c2-c2ccc(-n3c4ccccc4c4cc(C)ccc43)cc2)cc1. The van der Waals surface area contributed by atoms with Gasteiger partial charge in [0, 0.05) is 105 Å². The average Bonchev–Trinajstić information content (AvgIpc) is 1.49. The van der Waals surface area contributed by atoms with E-state index in [2.05, 4.69) is 362 Å². The van der Waals surface area contributed by atoms with Gasteiger partial charge in [0.2, 0.25) is 0 Å². The Morgan fingerprint density at radius 3 is 0.838 bits per heavy atom. The molecule has 0 aliphatic rings. The molecule has 6 aromatic heterocycles. The Bertz CT molecular complexity index is 6140. The van der Waals surface area contributed by atoms with Crippen LogP contribution in [0.4, 0.5) is 0 Å². The molecule has 0 unspecified atom stereocenters. The molecule has 6 nitrogen and oxygen atoms in total. The summed E-state index contributed by atoms with van der Waals surface area (Å²) in [5.41, 5.74) is 31.3. The Morgan fingerprint density at radius 2 is 0.505 bits per heavy atom. The van der Waals surface area contributed by atoms with Crippen molar-refractivity contribution in [3.63, 3.8) is 0 Å². The van der Waals surface area contributed by atoms with Gasteiger partial charge in [0.25, 0.3) is 0 Å². The molecule has 6 heterocycles. The largest absolute Gasteiger partial charge is 0.309 e. The fraction of sp³-hybridized carbons (Fsp3) is 0.0538.